The number of carbonyl (C=O) groups is 1. The van der Waals surface area contributed by atoms with Crippen molar-refractivity contribution in [1.29, 1.82) is 0 Å². The zero-order valence-corrected chi connectivity index (χ0v) is 23.7. The Bertz CT molecular complexity index is 1710. The molecule has 4 N–H and O–H groups in total. The van der Waals surface area contributed by atoms with Crippen LogP contribution in [0.1, 0.15) is 5.56 Å². The molecule has 0 unspecified atom stereocenters. The third kappa shape index (κ3) is 6.10. The highest BCUT2D eigenvalue weighted by Gasteiger charge is 2.48. The Morgan fingerprint density at radius 1 is 0.955 bits per heavy atom. The number of fused-ring (bicyclic) bond motifs is 1. The number of carbonyl (C=O) groups excluding carboxylic acids is 1. The van der Waals surface area contributed by atoms with Crippen molar-refractivity contribution in [1.82, 2.24) is 0 Å². The van der Waals surface area contributed by atoms with Gasteiger partial charge in [0, 0.05) is 18.2 Å². The summed E-state index contributed by atoms with van der Waals surface area (Å²) < 4.78 is 34.0. The predicted octanol–water partition coefficient (Wildman–Crippen LogP) is 2.63. The molecule has 12 heteroatoms. The molecule has 0 aliphatic carbocycles. The molecule has 1 fully saturated rings. The summed E-state index contributed by atoms with van der Waals surface area (Å²) in [4.78, 5) is 25.8. The lowest BCUT2D eigenvalue weighted by Gasteiger charge is -2.41. The fraction of sp³-hybridized carbons (Fsp3) is 0.250. The van der Waals surface area contributed by atoms with E-state index in [4.69, 9.17) is 28.1 Å². The number of hydrogen-bond donors (Lipinski definition) is 4. The van der Waals surface area contributed by atoms with Gasteiger partial charge in [0.2, 0.25) is 12.0 Å². The maximum absolute atomic E-state index is 13.1. The molecule has 44 heavy (non-hydrogen) atoms. The molecule has 0 spiro atoms. The Kier molecular flexibility index (Phi) is 9.16. The minimum absolute atomic E-state index is 0.0125. The van der Waals surface area contributed by atoms with Gasteiger partial charge in [0.15, 0.2) is 22.9 Å². The monoisotopic (exact) mass is 606 g/mol. The number of phenolic OH excluding ortho intramolecular Hbond substituents is 1. The normalized spacial score (nSPS) is 21.7. The quantitative estimate of drug-likeness (QED) is 0.162. The van der Waals surface area contributed by atoms with Crippen molar-refractivity contribution in [3.63, 3.8) is 0 Å². The first-order chi connectivity index (χ1) is 21.2. The largest absolute Gasteiger partial charge is 0.507 e. The molecule has 230 valence electrons. The van der Waals surface area contributed by atoms with E-state index >= 15 is 0 Å². The first-order valence-electron chi connectivity index (χ1n) is 13.5. The highest BCUT2D eigenvalue weighted by atomic mass is 16.7. The number of aromatic hydroxyl groups is 1. The van der Waals surface area contributed by atoms with Crippen LogP contribution in [0.4, 0.5) is 0 Å². The summed E-state index contributed by atoms with van der Waals surface area (Å²) in [6.07, 6.45) is -4.93. The van der Waals surface area contributed by atoms with Crippen molar-refractivity contribution >= 4 is 23.0 Å². The van der Waals surface area contributed by atoms with Gasteiger partial charge in [-0.15, -0.1) is 0 Å². The van der Waals surface area contributed by atoms with E-state index in [1.807, 2.05) is 6.07 Å². The Labute approximate surface area is 250 Å². The van der Waals surface area contributed by atoms with Crippen LogP contribution in [0.25, 0.3) is 28.4 Å². The van der Waals surface area contributed by atoms with Gasteiger partial charge in [0.1, 0.15) is 41.0 Å². The summed E-state index contributed by atoms with van der Waals surface area (Å²) in [5.41, 5.74) is 0.312. The van der Waals surface area contributed by atoms with Crippen LogP contribution >= 0.6 is 0 Å². The average Bonchev–Trinajstić information content (AvgIpc) is 3.03. The molecular formula is C32H30O12. The number of phenols is 1. The Hall–Kier alpha value is -4.88. The van der Waals surface area contributed by atoms with Gasteiger partial charge in [-0.25, -0.2) is 4.79 Å². The maximum Gasteiger partial charge on any atom is 0.331 e. The zero-order valence-electron chi connectivity index (χ0n) is 23.7. The number of para-hydroxylation sites is 1. The Balaban J connectivity index is 1.51. The van der Waals surface area contributed by atoms with Crippen LogP contribution in [0.5, 0.6) is 23.0 Å². The lowest BCUT2D eigenvalue weighted by atomic mass is 9.99. The van der Waals surface area contributed by atoms with E-state index in [9.17, 15) is 30.0 Å². The van der Waals surface area contributed by atoms with Crippen LogP contribution in [0.2, 0.25) is 0 Å². The SMILES string of the molecule is COc1cc(O)c2c(=O)cc(-c3ccccc3O[C@H]3O[C@@H](CO)[C@H](O)[C@@H](O)[C@@H]3OC(=O)/C=C/c3ccccc3)oc2c1OC. The van der Waals surface area contributed by atoms with Crippen molar-refractivity contribution in [2.45, 2.75) is 30.7 Å². The van der Waals surface area contributed by atoms with Crippen LogP contribution in [0.15, 0.2) is 82.0 Å². The third-order valence-electron chi connectivity index (χ3n) is 7.01. The molecule has 3 aromatic carbocycles. The highest BCUT2D eigenvalue weighted by molar-refractivity contribution is 5.92. The first-order valence-corrected chi connectivity index (χ1v) is 13.5. The van der Waals surface area contributed by atoms with Crippen molar-refractivity contribution in [2.75, 3.05) is 20.8 Å². The molecule has 5 rings (SSSR count). The van der Waals surface area contributed by atoms with E-state index in [0.29, 0.717) is 0 Å². The summed E-state index contributed by atoms with van der Waals surface area (Å²) in [7, 11) is 2.72. The molecule has 4 aromatic rings. The van der Waals surface area contributed by atoms with E-state index in [1.54, 1.807) is 42.5 Å². The number of benzene rings is 3. The molecule has 0 saturated carbocycles. The summed E-state index contributed by atoms with van der Waals surface area (Å²) in [5.74, 6) is -0.921. The molecule has 1 aliphatic rings. The van der Waals surface area contributed by atoms with Crippen molar-refractivity contribution < 1.29 is 53.3 Å². The van der Waals surface area contributed by atoms with E-state index in [2.05, 4.69) is 0 Å². The lowest BCUT2D eigenvalue weighted by Crippen LogP contribution is -2.61. The second-order valence-corrected chi connectivity index (χ2v) is 9.78. The molecule has 1 aromatic heterocycles. The zero-order chi connectivity index (χ0) is 31.4. The maximum atomic E-state index is 13.1. The number of aliphatic hydroxyl groups excluding tert-OH is 3. The number of esters is 1. The van der Waals surface area contributed by atoms with Crippen LogP contribution in [0.3, 0.4) is 0 Å². The topological polar surface area (TPSA) is 174 Å². The molecule has 5 atom stereocenters. The minimum Gasteiger partial charge on any atom is -0.507 e. The Morgan fingerprint density at radius 3 is 2.39 bits per heavy atom. The fourth-order valence-electron chi connectivity index (χ4n) is 4.82. The van der Waals surface area contributed by atoms with Gasteiger partial charge in [-0.05, 0) is 23.8 Å². The predicted molar refractivity (Wildman–Crippen MR) is 156 cm³/mol. The van der Waals surface area contributed by atoms with E-state index in [1.165, 1.54) is 32.4 Å². The fourth-order valence-corrected chi connectivity index (χ4v) is 4.82. The molecule has 0 bridgehead atoms. The van der Waals surface area contributed by atoms with Crippen molar-refractivity contribution in [3.8, 4) is 34.3 Å². The van der Waals surface area contributed by atoms with E-state index in [-0.39, 0.29) is 45.3 Å². The van der Waals surface area contributed by atoms with Gasteiger partial charge in [0.25, 0.3) is 0 Å². The van der Waals surface area contributed by atoms with Crippen LogP contribution in [-0.2, 0) is 14.3 Å². The lowest BCUT2D eigenvalue weighted by molar-refractivity contribution is -0.281. The number of rotatable bonds is 9. The summed E-state index contributed by atoms with van der Waals surface area (Å²) >= 11 is 0. The number of aliphatic hydroxyl groups is 3. The van der Waals surface area contributed by atoms with Crippen LogP contribution in [-0.4, -0.2) is 77.9 Å². The standard InChI is InChI=1S/C32H30O12/c1-39-23-15-20(35)26-19(34)14-22(41-30(26)29(23)40-2)18-10-6-7-11-21(18)42-32-31(28(38)27(37)24(16-33)43-32)44-25(36)13-12-17-8-4-3-5-9-17/h3-15,24,27-28,31-33,35,37-38H,16H2,1-2H3/b13-12+/t24-,27-,28+,31-,32-/m0/s1. The van der Waals surface area contributed by atoms with Crippen molar-refractivity contribution in [3.05, 3.63) is 88.6 Å². The number of hydrogen-bond acceptors (Lipinski definition) is 12. The molecule has 12 nitrogen and oxygen atoms in total. The molecule has 0 radical (unpaired) electrons. The van der Waals surface area contributed by atoms with Crippen LogP contribution < -0.4 is 19.6 Å². The summed E-state index contributed by atoms with van der Waals surface area (Å²) in [6.45, 7) is -0.668. The second kappa shape index (κ2) is 13.2. The summed E-state index contributed by atoms with van der Waals surface area (Å²) in [5, 5.41) is 41.5. The smallest absolute Gasteiger partial charge is 0.331 e. The Morgan fingerprint density at radius 2 is 1.68 bits per heavy atom. The average molecular weight is 607 g/mol. The second-order valence-electron chi connectivity index (χ2n) is 9.78. The molecule has 2 heterocycles. The highest BCUT2D eigenvalue weighted by Crippen LogP contribution is 2.42. The molecular weight excluding hydrogens is 576 g/mol. The summed E-state index contributed by atoms with van der Waals surface area (Å²) in [6, 6.07) is 17.7. The first kappa shape index (κ1) is 30.6. The minimum atomic E-state index is -1.69. The van der Waals surface area contributed by atoms with Gasteiger partial charge < -0.3 is 48.5 Å². The van der Waals surface area contributed by atoms with Gasteiger partial charge in [0.05, 0.1) is 26.4 Å². The van der Waals surface area contributed by atoms with Gasteiger partial charge in [-0.2, -0.15) is 0 Å². The molecule has 1 aliphatic heterocycles. The van der Waals surface area contributed by atoms with Gasteiger partial charge in [-0.1, -0.05) is 42.5 Å². The van der Waals surface area contributed by atoms with E-state index < -0.39 is 48.7 Å². The number of methoxy groups -OCH3 is 2. The molecule has 0 amide bonds. The van der Waals surface area contributed by atoms with Crippen molar-refractivity contribution in [2.24, 2.45) is 0 Å². The molecule has 1 saturated heterocycles. The number of ether oxygens (including phenoxy) is 5. The van der Waals surface area contributed by atoms with Crippen LogP contribution in [0, 0.1) is 0 Å². The van der Waals surface area contributed by atoms with Gasteiger partial charge in [-0.3, -0.25) is 4.79 Å². The third-order valence-corrected chi connectivity index (χ3v) is 7.01. The van der Waals surface area contributed by atoms with Gasteiger partial charge >= 0.3 is 5.97 Å². The van der Waals surface area contributed by atoms with E-state index in [0.717, 1.165) is 17.7 Å².